The number of hydrogen-bond donors (Lipinski definition) is 2. The molecule has 100 valence electrons. The van der Waals surface area contributed by atoms with Gasteiger partial charge in [-0.25, -0.2) is 9.97 Å². The van der Waals surface area contributed by atoms with E-state index in [1.54, 1.807) is 0 Å². The number of aliphatic hydroxyl groups excluding tert-OH is 1. The molecule has 3 N–H and O–H groups in total. The number of aromatic nitrogens is 2. The number of nitrogens with two attached hydrogens (primary N) is 1. The molecule has 5 nitrogen and oxygen atoms in total. The molecule has 5 heteroatoms. The monoisotopic (exact) mass is 250 g/mol. The Morgan fingerprint density at radius 3 is 2.78 bits per heavy atom. The quantitative estimate of drug-likeness (QED) is 0.836. The van der Waals surface area contributed by atoms with Crippen LogP contribution >= 0.6 is 0 Å². The van der Waals surface area contributed by atoms with Gasteiger partial charge in [0.15, 0.2) is 0 Å². The van der Waals surface area contributed by atoms with Gasteiger partial charge in [-0.3, -0.25) is 0 Å². The Morgan fingerprint density at radius 1 is 1.39 bits per heavy atom. The molecule has 1 aliphatic carbocycles. The molecular weight excluding hydrogens is 228 g/mol. The smallest absolute Gasteiger partial charge is 0.225 e. The van der Waals surface area contributed by atoms with Crippen LogP contribution in [0.5, 0.6) is 0 Å². The topological polar surface area (TPSA) is 75.3 Å². The third-order valence-corrected chi connectivity index (χ3v) is 3.61. The maximum absolute atomic E-state index is 10.1. The maximum Gasteiger partial charge on any atom is 0.225 e. The molecule has 2 unspecified atom stereocenters. The first-order valence-corrected chi connectivity index (χ1v) is 6.57. The van der Waals surface area contributed by atoms with Crippen LogP contribution in [0.2, 0.25) is 0 Å². The summed E-state index contributed by atoms with van der Waals surface area (Å²) in [7, 11) is 1.95. The third kappa shape index (κ3) is 2.79. The van der Waals surface area contributed by atoms with Gasteiger partial charge in [-0.05, 0) is 25.8 Å². The van der Waals surface area contributed by atoms with E-state index < -0.39 is 0 Å². The lowest BCUT2D eigenvalue weighted by atomic mass is 9.92. The summed E-state index contributed by atoms with van der Waals surface area (Å²) in [4.78, 5) is 10.9. The Kier molecular flexibility index (Phi) is 4.14. The first kappa shape index (κ1) is 13.2. The molecule has 2 rings (SSSR count). The summed E-state index contributed by atoms with van der Waals surface area (Å²) in [5.74, 6) is 0.668. The number of likely N-dealkylation sites (N-methyl/N-ethyl adjacent to an activating group) is 1. The van der Waals surface area contributed by atoms with Crippen LogP contribution < -0.4 is 10.6 Å². The van der Waals surface area contributed by atoms with Gasteiger partial charge in [-0.2, -0.15) is 0 Å². The highest BCUT2D eigenvalue weighted by molar-refractivity contribution is 5.33. The molecule has 0 aromatic carbocycles. The lowest BCUT2D eigenvalue weighted by molar-refractivity contribution is 0.105. The fraction of sp³-hybridized carbons (Fsp3) is 0.692. The molecule has 0 saturated heterocycles. The summed E-state index contributed by atoms with van der Waals surface area (Å²) in [6.07, 6.45) is 3.84. The van der Waals surface area contributed by atoms with Gasteiger partial charge in [0, 0.05) is 19.3 Å². The van der Waals surface area contributed by atoms with Gasteiger partial charge in [0.2, 0.25) is 5.95 Å². The molecule has 0 bridgehead atoms. The highest BCUT2D eigenvalue weighted by Crippen LogP contribution is 2.24. The first-order chi connectivity index (χ1) is 8.61. The standard InChI is InChI=1S/C13H22N4O/c1-9-7-10(8-14)16-13(15-9)17(2)11-5-3-4-6-12(11)18/h7,11-12,18H,3-6,8,14H2,1-2H3. The molecule has 18 heavy (non-hydrogen) atoms. The van der Waals surface area contributed by atoms with E-state index in [-0.39, 0.29) is 12.1 Å². The van der Waals surface area contributed by atoms with E-state index >= 15 is 0 Å². The minimum Gasteiger partial charge on any atom is -0.391 e. The first-order valence-electron chi connectivity index (χ1n) is 6.57. The summed E-state index contributed by atoms with van der Waals surface area (Å²) in [5, 5.41) is 10.1. The normalized spacial score (nSPS) is 24.0. The molecular formula is C13H22N4O. The van der Waals surface area contributed by atoms with Crippen molar-refractivity contribution in [2.24, 2.45) is 5.73 Å². The number of rotatable bonds is 3. The fourth-order valence-corrected chi connectivity index (χ4v) is 2.57. The zero-order valence-corrected chi connectivity index (χ0v) is 11.1. The molecule has 1 aromatic heterocycles. The predicted octanol–water partition coefficient (Wildman–Crippen LogP) is 0.983. The van der Waals surface area contributed by atoms with Gasteiger partial charge in [0.05, 0.1) is 17.8 Å². The lowest BCUT2D eigenvalue weighted by Crippen LogP contribution is -2.44. The van der Waals surface area contributed by atoms with Crippen molar-refractivity contribution >= 4 is 5.95 Å². The minimum atomic E-state index is -0.283. The number of aryl methyl sites for hydroxylation is 1. The zero-order valence-electron chi connectivity index (χ0n) is 11.1. The molecule has 1 aliphatic rings. The molecule has 0 amide bonds. The summed E-state index contributed by atoms with van der Waals surface area (Å²) in [6, 6.07) is 2.01. The van der Waals surface area contributed by atoms with E-state index in [0.29, 0.717) is 12.5 Å². The summed E-state index contributed by atoms with van der Waals surface area (Å²) in [5.41, 5.74) is 7.39. The second kappa shape index (κ2) is 5.63. The largest absolute Gasteiger partial charge is 0.391 e. The Labute approximate surface area is 108 Å². The summed E-state index contributed by atoms with van der Waals surface area (Å²) < 4.78 is 0. The van der Waals surface area contributed by atoms with Crippen LogP contribution in [0.15, 0.2) is 6.07 Å². The van der Waals surface area contributed by atoms with Crippen molar-refractivity contribution in [3.63, 3.8) is 0 Å². The van der Waals surface area contributed by atoms with E-state index in [0.717, 1.165) is 37.1 Å². The average molecular weight is 250 g/mol. The predicted molar refractivity (Wildman–Crippen MR) is 71.3 cm³/mol. The Morgan fingerprint density at radius 2 is 2.11 bits per heavy atom. The second-order valence-electron chi connectivity index (χ2n) is 5.03. The van der Waals surface area contributed by atoms with Gasteiger partial charge in [-0.15, -0.1) is 0 Å². The van der Waals surface area contributed by atoms with Crippen LogP contribution in [0.3, 0.4) is 0 Å². The van der Waals surface area contributed by atoms with Gasteiger partial charge in [-0.1, -0.05) is 12.8 Å². The van der Waals surface area contributed by atoms with Gasteiger partial charge >= 0.3 is 0 Å². The van der Waals surface area contributed by atoms with Crippen molar-refractivity contribution < 1.29 is 5.11 Å². The number of aliphatic hydroxyl groups is 1. The van der Waals surface area contributed by atoms with E-state index in [9.17, 15) is 5.11 Å². The Balaban J connectivity index is 2.21. The van der Waals surface area contributed by atoms with Crippen LogP contribution in [0.4, 0.5) is 5.95 Å². The van der Waals surface area contributed by atoms with Crippen LogP contribution in [0.25, 0.3) is 0 Å². The number of anilines is 1. The van der Waals surface area contributed by atoms with Crippen molar-refractivity contribution in [3.8, 4) is 0 Å². The molecule has 1 heterocycles. The van der Waals surface area contributed by atoms with Crippen LogP contribution in [0, 0.1) is 6.92 Å². The maximum atomic E-state index is 10.1. The number of nitrogens with zero attached hydrogens (tertiary/aromatic N) is 3. The van der Waals surface area contributed by atoms with Crippen molar-refractivity contribution in [2.45, 2.75) is 51.3 Å². The van der Waals surface area contributed by atoms with Gasteiger partial charge in [0.25, 0.3) is 0 Å². The van der Waals surface area contributed by atoms with E-state index in [1.807, 2.05) is 24.9 Å². The van der Waals surface area contributed by atoms with E-state index in [2.05, 4.69) is 9.97 Å². The third-order valence-electron chi connectivity index (χ3n) is 3.61. The van der Waals surface area contributed by atoms with Crippen LogP contribution in [0.1, 0.15) is 37.1 Å². The summed E-state index contributed by atoms with van der Waals surface area (Å²) >= 11 is 0. The molecule has 1 aromatic rings. The molecule has 0 spiro atoms. The molecule has 1 fully saturated rings. The van der Waals surface area contributed by atoms with Crippen LogP contribution in [-0.2, 0) is 6.54 Å². The SMILES string of the molecule is Cc1cc(CN)nc(N(C)C2CCCCC2O)n1. The highest BCUT2D eigenvalue weighted by atomic mass is 16.3. The van der Waals surface area contributed by atoms with Crippen LogP contribution in [-0.4, -0.2) is 34.3 Å². The van der Waals surface area contributed by atoms with E-state index in [1.165, 1.54) is 0 Å². The molecule has 0 radical (unpaired) electrons. The minimum absolute atomic E-state index is 0.117. The Hall–Kier alpha value is -1.20. The van der Waals surface area contributed by atoms with Gasteiger partial charge < -0.3 is 15.7 Å². The Bertz CT molecular complexity index is 410. The highest BCUT2D eigenvalue weighted by Gasteiger charge is 2.28. The average Bonchev–Trinajstić information content (AvgIpc) is 2.37. The molecule has 0 aliphatic heterocycles. The lowest BCUT2D eigenvalue weighted by Gasteiger charge is -2.35. The van der Waals surface area contributed by atoms with Crippen molar-refractivity contribution in [3.05, 3.63) is 17.5 Å². The van der Waals surface area contributed by atoms with Gasteiger partial charge in [0.1, 0.15) is 0 Å². The number of hydrogen-bond acceptors (Lipinski definition) is 5. The fourth-order valence-electron chi connectivity index (χ4n) is 2.57. The molecule has 1 saturated carbocycles. The van der Waals surface area contributed by atoms with Crippen molar-refractivity contribution in [2.75, 3.05) is 11.9 Å². The van der Waals surface area contributed by atoms with E-state index in [4.69, 9.17) is 5.73 Å². The second-order valence-corrected chi connectivity index (χ2v) is 5.03. The molecule has 2 atom stereocenters. The van der Waals surface area contributed by atoms with Crippen molar-refractivity contribution in [1.82, 2.24) is 9.97 Å². The summed E-state index contributed by atoms with van der Waals surface area (Å²) in [6.45, 7) is 2.35. The zero-order chi connectivity index (χ0) is 13.1. The van der Waals surface area contributed by atoms with Crippen molar-refractivity contribution in [1.29, 1.82) is 0 Å².